The Kier molecular flexibility index (Phi) is 5.86. The molecule has 0 unspecified atom stereocenters. The molecule has 3 aromatic carbocycles. The number of rotatable bonds is 6. The van der Waals surface area contributed by atoms with Gasteiger partial charge < -0.3 is 5.32 Å². The molecule has 0 aliphatic heterocycles. The van der Waals surface area contributed by atoms with Crippen LogP contribution in [0.25, 0.3) is 0 Å². The molecular formula is C21H18FNOS. The van der Waals surface area contributed by atoms with Crippen LogP contribution in [0, 0.1) is 5.82 Å². The topological polar surface area (TPSA) is 29.1 Å². The molecule has 0 saturated heterocycles. The molecule has 0 aromatic heterocycles. The fraction of sp³-hybridized carbons (Fsp3) is 0.0952. The quantitative estimate of drug-likeness (QED) is 0.611. The van der Waals surface area contributed by atoms with E-state index in [0.717, 1.165) is 17.0 Å². The van der Waals surface area contributed by atoms with Gasteiger partial charge in [0.2, 0.25) is 5.91 Å². The second kappa shape index (κ2) is 8.49. The van der Waals surface area contributed by atoms with Gasteiger partial charge in [0.05, 0.1) is 6.42 Å². The number of amides is 1. The van der Waals surface area contributed by atoms with E-state index in [1.807, 2.05) is 42.5 Å². The van der Waals surface area contributed by atoms with Crippen LogP contribution in [-0.2, 0) is 17.0 Å². The summed E-state index contributed by atoms with van der Waals surface area (Å²) in [5, 5.41) is 2.87. The van der Waals surface area contributed by atoms with Gasteiger partial charge in [-0.05, 0) is 47.5 Å². The van der Waals surface area contributed by atoms with Crippen LogP contribution in [0.4, 0.5) is 10.1 Å². The molecule has 1 amide bonds. The molecule has 0 bridgehead atoms. The molecule has 25 heavy (non-hydrogen) atoms. The van der Waals surface area contributed by atoms with Crippen LogP contribution in [0.5, 0.6) is 0 Å². The average Bonchev–Trinajstić information content (AvgIpc) is 2.64. The summed E-state index contributed by atoms with van der Waals surface area (Å²) in [5.74, 6) is 0.472. The van der Waals surface area contributed by atoms with Gasteiger partial charge in [0.15, 0.2) is 0 Å². The Morgan fingerprint density at radius 3 is 2.16 bits per heavy atom. The largest absolute Gasteiger partial charge is 0.326 e. The number of anilines is 1. The molecule has 126 valence electrons. The first-order valence-electron chi connectivity index (χ1n) is 8.00. The summed E-state index contributed by atoms with van der Waals surface area (Å²) in [7, 11) is 0. The highest BCUT2D eigenvalue weighted by Crippen LogP contribution is 2.23. The maximum absolute atomic E-state index is 12.9. The number of hydrogen-bond acceptors (Lipinski definition) is 2. The number of benzene rings is 3. The molecule has 0 aliphatic carbocycles. The normalized spacial score (nSPS) is 10.4. The lowest BCUT2D eigenvalue weighted by Gasteiger charge is -2.07. The molecule has 0 atom stereocenters. The van der Waals surface area contributed by atoms with Crippen LogP contribution in [0.3, 0.4) is 0 Å². The first-order chi connectivity index (χ1) is 12.2. The highest BCUT2D eigenvalue weighted by atomic mass is 32.2. The summed E-state index contributed by atoms with van der Waals surface area (Å²) in [5.41, 5.74) is 2.75. The summed E-state index contributed by atoms with van der Waals surface area (Å²) in [6.45, 7) is 0. The van der Waals surface area contributed by atoms with Gasteiger partial charge in [-0.15, -0.1) is 11.8 Å². The van der Waals surface area contributed by atoms with Gasteiger partial charge in [-0.3, -0.25) is 4.79 Å². The van der Waals surface area contributed by atoms with Crippen molar-refractivity contribution < 1.29 is 9.18 Å². The molecule has 0 radical (unpaired) electrons. The van der Waals surface area contributed by atoms with Gasteiger partial charge in [-0.2, -0.15) is 0 Å². The Morgan fingerprint density at radius 2 is 1.48 bits per heavy atom. The van der Waals surface area contributed by atoms with Crippen LogP contribution in [0.1, 0.15) is 11.1 Å². The summed E-state index contributed by atoms with van der Waals surface area (Å²) >= 11 is 1.78. The van der Waals surface area contributed by atoms with E-state index in [1.165, 1.54) is 22.6 Å². The molecule has 0 saturated carbocycles. The minimum absolute atomic E-state index is 0.113. The minimum atomic E-state index is -0.298. The fourth-order valence-corrected chi connectivity index (χ4v) is 3.24. The third-order valence-corrected chi connectivity index (χ3v) is 4.75. The lowest BCUT2D eigenvalue weighted by molar-refractivity contribution is -0.115. The van der Waals surface area contributed by atoms with Gasteiger partial charge >= 0.3 is 0 Å². The molecule has 3 aromatic rings. The van der Waals surface area contributed by atoms with Crippen LogP contribution < -0.4 is 5.32 Å². The Hall–Kier alpha value is -2.59. The lowest BCUT2D eigenvalue weighted by atomic mass is 10.1. The molecule has 0 aliphatic rings. The predicted octanol–water partition coefficient (Wildman–Crippen LogP) is 5.30. The highest BCUT2D eigenvalue weighted by Gasteiger charge is 2.05. The predicted molar refractivity (Wildman–Crippen MR) is 101 cm³/mol. The Morgan fingerprint density at radius 1 is 0.840 bits per heavy atom. The monoisotopic (exact) mass is 351 g/mol. The van der Waals surface area contributed by atoms with E-state index in [4.69, 9.17) is 0 Å². The van der Waals surface area contributed by atoms with E-state index in [1.54, 1.807) is 23.9 Å². The fourth-order valence-electron chi connectivity index (χ4n) is 2.36. The van der Waals surface area contributed by atoms with E-state index < -0.39 is 0 Å². The zero-order valence-electron chi connectivity index (χ0n) is 13.6. The number of halogens is 1. The van der Waals surface area contributed by atoms with Crippen molar-refractivity contribution in [2.45, 2.75) is 17.1 Å². The molecule has 0 fully saturated rings. The van der Waals surface area contributed by atoms with Gasteiger partial charge in [0.25, 0.3) is 0 Å². The Bertz CT molecular complexity index is 817. The molecule has 4 heteroatoms. The molecule has 2 nitrogen and oxygen atoms in total. The first-order valence-corrected chi connectivity index (χ1v) is 8.99. The van der Waals surface area contributed by atoms with Crippen molar-refractivity contribution in [2.24, 2.45) is 0 Å². The summed E-state index contributed by atoms with van der Waals surface area (Å²) in [4.78, 5) is 13.3. The molecule has 0 spiro atoms. The number of hydrogen-bond donors (Lipinski definition) is 1. The second-order valence-electron chi connectivity index (χ2n) is 5.65. The molecule has 0 heterocycles. The van der Waals surface area contributed by atoms with Crippen LogP contribution in [-0.4, -0.2) is 5.91 Å². The van der Waals surface area contributed by atoms with E-state index in [-0.39, 0.29) is 18.1 Å². The maximum Gasteiger partial charge on any atom is 0.228 e. The van der Waals surface area contributed by atoms with Crippen molar-refractivity contribution in [1.82, 2.24) is 0 Å². The third-order valence-electron chi connectivity index (χ3n) is 3.66. The summed E-state index contributed by atoms with van der Waals surface area (Å²) < 4.78 is 12.9. The summed E-state index contributed by atoms with van der Waals surface area (Å²) in [6.07, 6.45) is 0.228. The zero-order chi connectivity index (χ0) is 17.5. The average molecular weight is 351 g/mol. The van der Waals surface area contributed by atoms with Crippen molar-refractivity contribution >= 4 is 23.4 Å². The van der Waals surface area contributed by atoms with Crippen LogP contribution >= 0.6 is 11.8 Å². The molecule has 1 N–H and O–H groups in total. The third kappa shape index (κ3) is 5.47. The Balaban J connectivity index is 1.51. The first kappa shape index (κ1) is 17.2. The van der Waals surface area contributed by atoms with Gasteiger partial charge in [0, 0.05) is 16.3 Å². The molecular weight excluding hydrogens is 333 g/mol. The molecule has 3 rings (SSSR count). The van der Waals surface area contributed by atoms with Crippen molar-refractivity contribution in [1.29, 1.82) is 0 Å². The number of nitrogens with one attached hydrogen (secondary N) is 1. The minimum Gasteiger partial charge on any atom is -0.326 e. The number of carbonyl (C=O) groups is 1. The SMILES string of the molecule is O=C(Cc1ccc(F)cc1)Nc1ccc(CSc2ccccc2)cc1. The summed E-state index contributed by atoms with van der Waals surface area (Å²) in [6, 6.07) is 24.1. The maximum atomic E-state index is 12.9. The van der Waals surface area contributed by atoms with E-state index >= 15 is 0 Å². The standard InChI is InChI=1S/C21H18FNOS/c22-18-10-6-16(7-11-18)14-21(24)23-19-12-8-17(9-13-19)15-25-20-4-2-1-3-5-20/h1-13H,14-15H2,(H,23,24). The van der Waals surface area contributed by atoms with Gasteiger partial charge in [-0.1, -0.05) is 42.5 Å². The van der Waals surface area contributed by atoms with Crippen LogP contribution in [0.15, 0.2) is 83.8 Å². The smallest absolute Gasteiger partial charge is 0.228 e. The van der Waals surface area contributed by atoms with Gasteiger partial charge in [0.1, 0.15) is 5.82 Å². The van der Waals surface area contributed by atoms with E-state index in [0.29, 0.717) is 0 Å². The van der Waals surface area contributed by atoms with Crippen molar-refractivity contribution in [3.8, 4) is 0 Å². The van der Waals surface area contributed by atoms with E-state index in [2.05, 4.69) is 17.4 Å². The number of thioether (sulfide) groups is 1. The van der Waals surface area contributed by atoms with E-state index in [9.17, 15) is 9.18 Å². The lowest BCUT2D eigenvalue weighted by Crippen LogP contribution is -2.14. The highest BCUT2D eigenvalue weighted by molar-refractivity contribution is 7.98. The zero-order valence-corrected chi connectivity index (χ0v) is 14.4. The van der Waals surface area contributed by atoms with Crippen molar-refractivity contribution in [2.75, 3.05) is 5.32 Å². The second-order valence-corrected chi connectivity index (χ2v) is 6.70. The van der Waals surface area contributed by atoms with Crippen LogP contribution in [0.2, 0.25) is 0 Å². The Labute approximate surface area is 151 Å². The van der Waals surface area contributed by atoms with Crippen molar-refractivity contribution in [3.63, 3.8) is 0 Å². The number of carbonyl (C=O) groups excluding carboxylic acids is 1. The van der Waals surface area contributed by atoms with Gasteiger partial charge in [-0.25, -0.2) is 4.39 Å². The van der Waals surface area contributed by atoms with Crippen molar-refractivity contribution in [3.05, 3.63) is 95.8 Å².